The van der Waals surface area contributed by atoms with Crippen molar-refractivity contribution in [3.8, 4) is 5.75 Å². The number of carbonyl (C=O) groups excluding carboxylic acids is 3. The lowest BCUT2D eigenvalue weighted by molar-refractivity contribution is -0.138. The third-order valence-electron chi connectivity index (χ3n) is 7.70. The topological polar surface area (TPSA) is 174 Å². The maximum atomic E-state index is 13.5. The summed E-state index contributed by atoms with van der Waals surface area (Å²) in [7, 11) is 1.49. The van der Waals surface area contributed by atoms with Gasteiger partial charge in [-0.25, -0.2) is 4.79 Å². The van der Waals surface area contributed by atoms with Crippen molar-refractivity contribution in [3.05, 3.63) is 82.9 Å². The molecule has 0 spiro atoms. The van der Waals surface area contributed by atoms with Gasteiger partial charge in [-0.2, -0.15) is 0 Å². The number of amides is 4. The van der Waals surface area contributed by atoms with Crippen LogP contribution in [0.5, 0.6) is 5.75 Å². The van der Waals surface area contributed by atoms with Crippen LogP contribution in [-0.2, 0) is 32.0 Å². The van der Waals surface area contributed by atoms with Crippen LogP contribution in [0.1, 0.15) is 60.4 Å². The van der Waals surface area contributed by atoms with E-state index in [4.69, 9.17) is 9.84 Å². The van der Waals surface area contributed by atoms with Crippen molar-refractivity contribution in [2.45, 2.75) is 57.9 Å². The summed E-state index contributed by atoms with van der Waals surface area (Å²) in [5.41, 5.74) is 4.94. The molecule has 0 saturated heterocycles. The molecular weight excluding hydrogens is 592 g/mol. The number of rotatable bonds is 13. The first-order chi connectivity index (χ1) is 22.0. The molecule has 3 aromatic carbocycles. The largest absolute Gasteiger partial charge is 0.495 e. The molecule has 1 aliphatic rings. The van der Waals surface area contributed by atoms with Gasteiger partial charge in [0.05, 0.1) is 31.7 Å². The van der Waals surface area contributed by atoms with Crippen molar-refractivity contribution in [2.75, 3.05) is 29.2 Å². The Kier molecular flexibility index (Phi) is 11.3. The SMILES string of the molecule is COc1cc(CC(=O)N2CCCc3cc([C@@H](CC(=O)O)NC(=O)CCCC(=O)O)ccc32)ccc1NC(=O)Nc1ccccc1C. The summed E-state index contributed by atoms with van der Waals surface area (Å²) in [5.74, 6) is -2.25. The molecule has 12 nitrogen and oxygen atoms in total. The van der Waals surface area contributed by atoms with E-state index in [1.807, 2.05) is 31.2 Å². The lowest BCUT2D eigenvalue weighted by Crippen LogP contribution is -2.37. The quantitative estimate of drug-likeness (QED) is 0.174. The average Bonchev–Trinajstić information content (AvgIpc) is 3.01. The molecule has 4 rings (SSSR count). The van der Waals surface area contributed by atoms with Crippen molar-refractivity contribution in [1.82, 2.24) is 5.32 Å². The van der Waals surface area contributed by atoms with E-state index in [9.17, 15) is 29.1 Å². The van der Waals surface area contributed by atoms with Gasteiger partial charge in [-0.1, -0.05) is 36.4 Å². The molecule has 0 bridgehead atoms. The number of anilines is 3. The summed E-state index contributed by atoms with van der Waals surface area (Å²) in [6.07, 6.45) is 1.09. The normalized spacial score (nSPS) is 12.8. The molecule has 46 heavy (non-hydrogen) atoms. The van der Waals surface area contributed by atoms with Gasteiger partial charge in [0.2, 0.25) is 11.8 Å². The number of carboxylic acid groups (broad SMARTS) is 2. The molecule has 0 radical (unpaired) electrons. The predicted molar refractivity (Wildman–Crippen MR) is 172 cm³/mol. The summed E-state index contributed by atoms with van der Waals surface area (Å²) in [6, 6.07) is 16.7. The summed E-state index contributed by atoms with van der Waals surface area (Å²) in [6.45, 7) is 2.41. The number of benzene rings is 3. The third-order valence-corrected chi connectivity index (χ3v) is 7.70. The first kappa shape index (κ1) is 33.5. The third kappa shape index (κ3) is 9.07. The summed E-state index contributed by atoms with van der Waals surface area (Å²) >= 11 is 0. The van der Waals surface area contributed by atoms with E-state index in [-0.39, 0.29) is 38.0 Å². The van der Waals surface area contributed by atoms with Crippen LogP contribution in [0.4, 0.5) is 21.9 Å². The monoisotopic (exact) mass is 630 g/mol. The van der Waals surface area contributed by atoms with E-state index < -0.39 is 29.9 Å². The number of nitrogens with one attached hydrogen (secondary N) is 3. The highest BCUT2D eigenvalue weighted by atomic mass is 16.5. The summed E-state index contributed by atoms with van der Waals surface area (Å²) < 4.78 is 5.50. The van der Waals surface area contributed by atoms with Crippen molar-refractivity contribution < 1.29 is 38.9 Å². The zero-order valence-corrected chi connectivity index (χ0v) is 25.8. The smallest absolute Gasteiger partial charge is 0.323 e. The van der Waals surface area contributed by atoms with Crippen molar-refractivity contribution in [3.63, 3.8) is 0 Å². The number of carboxylic acids is 2. The molecule has 0 aromatic heterocycles. The van der Waals surface area contributed by atoms with Gasteiger partial charge in [-0.15, -0.1) is 0 Å². The maximum absolute atomic E-state index is 13.5. The number of urea groups is 1. The molecular formula is C34H38N4O8. The van der Waals surface area contributed by atoms with Gasteiger partial charge >= 0.3 is 18.0 Å². The molecule has 0 fully saturated rings. The first-order valence-electron chi connectivity index (χ1n) is 15.0. The van der Waals surface area contributed by atoms with Crippen LogP contribution in [0.2, 0.25) is 0 Å². The molecule has 12 heteroatoms. The molecule has 0 unspecified atom stereocenters. The second-order valence-electron chi connectivity index (χ2n) is 11.1. The zero-order chi connectivity index (χ0) is 33.2. The minimum absolute atomic E-state index is 0.0297. The van der Waals surface area contributed by atoms with E-state index >= 15 is 0 Å². The fourth-order valence-electron chi connectivity index (χ4n) is 5.39. The molecule has 0 saturated carbocycles. The fourth-order valence-corrected chi connectivity index (χ4v) is 5.39. The molecule has 1 heterocycles. The molecule has 1 atom stereocenters. The Bertz CT molecular complexity index is 1620. The number of para-hydroxylation sites is 1. The Hall–Kier alpha value is -5.39. The van der Waals surface area contributed by atoms with E-state index in [0.29, 0.717) is 47.6 Å². The minimum Gasteiger partial charge on any atom is -0.495 e. The Morgan fingerprint density at radius 3 is 2.39 bits per heavy atom. The van der Waals surface area contributed by atoms with E-state index in [1.54, 1.807) is 41.3 Å². The second kappa shape index (κ2) is 15.6. The van der Waals surface area contributed by atoms with Crippen molar-refractivity contribution in [1.29, 1.82) is 0 Å². The highest BCUT2D eigenvalue weighted by Crippen LogP contribution is 2.32. The molecule has 0 aliphatic carbocycles. The van der Waals surface area contributed by atoms with Gasteiger partial charge in [0, 0.05) is 30.8 Å². The molecule has 4 amide bonds. The van der Waals surface area contributed by atoms with Crippen molar-refractivity contribution in [2.24, 2.45) is 0 Å². The average molecular weight is 631 g/mol. The second-order valence-corrected chi connectivity index (χ2v) is 11.1. The number of methoxy groups -OCH3 is 1. The number of nitrogens with zero attached hydrogens (tertiary/aromatic N) is 1. The van der Waals surface area contributed by atoms with Gasteiger partial charge in [0.15, 0.2) is 0 Å². The van der Waals surface area contributed by atoms with Gasteiger partial charge in [0.1, 0.15) is 5.75 Å². The highest BCUT2D eigenvalue weighted by Gasteiger charge is 2.26. The van der Waals surface area contributed by atoms with Gasteiger partial charge in [-0.3, -0.25) is 19.2 Å². The van der Waals surface area contributed by atoms with Crippen molar-refractivity contribution >= 4 is 46.8 Å². The van der Waals surface area contributed by atoms with Crippen LogP contribution in [0.15, 0.2) is 60.7 Å². The standard InChI is InChI=1S/C34H38N4O8/c1-21-7-3-4-9-25(21)36-34(45)37-26-14-12-22(17-29(26)46-2)18-31(40)38-16-6-8-24-19-23(13-15-28(24)38)27(20-33(43)44)35-30(39)10-5-11-32(41)42/h3-4,7,9,12-15,17,19,27H,5-6,8,10-11,16,18,20H2,1-2H3,(H,35,39)(H,41,42)(H,43,44)(H2,36,37,45)/t27-/m1/s1. The van der Waals surface area contributed by atoms with Crippen LogP contribution >= 0.6 is 0 Å². The van der Waals surface area contributed by atoms with Crippen LogP contribution in [0, 0.1) is 6.92 Å². The number of fused-ring (bicyclic) bond motifs is 1. The fraction of sp³-hybridized carbons (Fsp3) is 0.324. The number of carbonyl (C=O) groups is 5. The number of hydrogen-bond donors (Lipinski definition) is 5. The minimum atomic E-state index is -1.09. The first-order valence-corrected chi connectivity index (χ1v) is 15.0. The Morgan fingerprint density at radius 1 is 0.913 bits per heavy atom. The van der Waals surface area contributed by atoms with Gasteiger partial charge in [-0.05, 0) is 72.7 Å². The lowest BCUT2D eigenvalue weighted by Gasteiger charge is -2.31. The Morgan fingerprint density at radius 2 is 1.67 bits per heavy atom. The summed E-state index contributed by atoms with van der Waals surface area (Å²) in [5, 5.41) is 26.6. The van der Waals surface area contributed by atoms with Gasteiger partial charge in [0.25, 0.3) is 0 Å². The maximum Gasteiger partial charge on any atom is 0.323 e. The Labute approximate surface area is 266 Å². The van der Waals surface area contributed by atoms with Crippen LogP contribution in [0.3, 0.4) is 0 Å². The van der Waals surface area contributed by atoms with E-state index in [2.05, 4.69) is 16.0 Å². The number of aryl methyl sites for hydroxylation is 2. The lowest BCUT2D eigenvalue weighted by atomic mass is 9.94. The molecule has 1 aliphatic heterocycles. The van der Waals surface area contributed by atoms with Crippen LogP contribution in [-0.4, -0.2) is 53.7 Å². The van der Waals surface area contributed by atoms with E-state index in [1.165, 1.54) is 7.11 Å². The number of aliphatic carboxylic acids is 2. The van der Waals surface area contributed by atoms with Crippen LogP contribution < -0.4 is 25.6 Å². The highest BCUT2D eigenvalue weighted by molar-refractivity contribution is 6.01. The zero-order valence-electron chi connectivity index (χ0n) is 25.8. The predicted octanol–water partition coefficient (Wildman–Crippen LogP) is 5.06. The Balaban J connectivity index is 1.44. The van der Waals surface area contributed by atoms with E-state index in [0.717, 1.165) is 16.8 Å². The molecule has 5 N–H and O–H groups in total. The molecule has 3 aromatic rings. The molecule has 242 valence electrons. The van der Waals surface area contributed by atoms with Crippen LogP contribution in [0.25, 0.3) is 0 Å². The number of ether oxygens (including phenoxy) is 1. The van der Waals surface area contributed by atoms with Gasteiger partial charge < -0.3 is 35.8 Å². The summed E-state index contributed by atoms with van der Waals surface area (Å²) in [4.78, 5) is 62.6. The number of hydrogen-bond acceptors (Lipinski definition) is 6.